The molecule has 1 aromatic carbocycles. The Morgan fingerprint density at radius 1 is 1.47 bits per heavy atom. The summed E-state index contributed by atoms with van der Waals surface area (Å²) in [7, 11) is 0. The summed E-state index contributed by atoms with van der Waals surface area (Å²) in [6, 6.07) is 4.60. The Bertz CT molecular complexity index is 625. The molecule has 0 spiro atoms. The molecule has 0 aliphatic carbocycles. The highest BCUT2D eigenvalue weighted by atomic mass is 35.5. The van der Waals surface area contributed by atoms with Gasteiger partial charge in [-0.25, -0.2) is 0 Å². The van der Waals surface area contributed by atoms with Gasteiger partial charge in [-0.3, -0.25) is 10.1 Å². The van der Waals surface area contributed by atoms with E-state index < -0.39 is 5.91 Å². The summed E-state index contributed by atoms with van der Waals surface area (Å²) in [6.07, 6.45) is 1.61. The van der Waals surface area contributed by atoms with E-state index in [1.165, 1.54) is 10.9 Å². The van der Waals surface area contributed by atoms with Crippen LogP contribution in [-0.4, -0.2) is 26.1 Å². The van der Waals surface area contributed by atoms with Crippen LogP contribution in [0, 0.1) is 0 Å². The number of hydrogen-bond donors (Lipinski definition) is 1. The summed E-state index contributed by atoms with van der Waals surface area (Å²) < 4.78 is 0. The molecule has 0 radical (unpaired) electrons. The van der Waals surface area contributed by atoms with E-state index in [4.69, 9.17) is 23.2 Å². The molecule has 0 atom stereocenters. The summed E-state index contributed by atoms with van der Waals surface area (Å²) in [4.78, 5) is 13.3. The number of allylic oxidation sites excluding steroid dienone is 1. The first kappa shape index (κ1) is 13.5. The van der Waals surface area contributed by atoms with Crippen molar-refractivity contribution in [2.75, 3.05) is 5.32 Å². The number of carbonyl (C=O) groups is 1. The molecule has 0 aliphatic rings. The summed E-state index contributed by atoms with van der Waals surface area (Å²) in [5.74, 6) is -0.367. The zero-order chi connectivity index (χ0) is 13.8. The normalized spacial score (nSPS) is 10.2. The molecule has 98 valence electrons. The summed E-state index contributed by atoms with van der Waals surface area (Å²) >= 11 is 11.7. The third kappa shape index (κ3) is 3.30. The molecule has 0 aliphatic heterocycles. The number of benzene rings is 1. The molecular formula is C11H9Cl2N5O. The van der Waals surface area contributed by atoms with Crippen LogP contribution in [0.25, 0.3) is 0 Å². The molecule has 0 bridgehead atoms. The van der Waals surface area contributed by atoms with E-state index in [0.29, 0.717) is 16.6 Å². The quantitative estimate of drug-likeness (QED) is 0.880. The lowest BCUT2D eigenvalue weighted by Gasteiger charge is -2.03. The van der Waals surface area contributed by atoms with Crippen LogP contribution < -0.4 is 5.32 Å². The van der Waals surface area contributed by atoms with Crippen molar-refractivity contribution >= 4 is 35.1 Å². The highest BCUT2D eigenvalue weighted by Crippen LogP contribution is 2.21. The molecule has 8 heteroatoms. The molecule has 19 heavy (non-hydrogen) atoms. The van der Waals surface area contributed by atoms with Crippen LogP contribution in [0.4, 0.5) is 5.95 Å². The Morgan fingerprint density at radius 2 is 2.26 bits per heavy atom. The fourth-order valence-corrected chi connectivity index (χ4v) is 1.70. The summed E-state index contributed by atoms with van der Waals surface area (Å²) in [5, 5.41) is 14.5. The summed E-state index contributed by atoms with van der Waals surface area (Å²) in [6.45, 7) is 3.95. The van der Waals surface area contributed by atoms with Crippen molar-refractivity contribution in [2.24, 2.45) is 0 Å². The monoisotopic (exact) mass is 297 g/mol. The molecule has 2 rings (SSSR count). The lowest BCUT2D eigenvalue weighted by atomic mass is 10.2. The summed E-state index contributed by atoms with van der Waals surface area (Å²) in [5.41, 5.74) is 0.245. The second kappa shape index (κ2) is 5.81. The maximum atomic E-state index is 12.0. The van der Waals surface area contributed by atoms with Gasteiger partial charge in [-0.05, 0) is 23.4 Å². The molecular weight excluding hydrogens is 289 g/mol. The molecule has 1 aromatic heterocycles. The number of halogens is 2. The van der Waals surface area contributed by atoms with E-state index in [1.54, 1.807) is 18.2 Å². The number of nitrogens with zero attached hydrogens (tertiary/aromatic N) is 4. The van der Waals surface area contributed by atoms with Gasteiger partial charge in [-0.15, -0.1) is 11.7 Å². The largest absolute Gasteiger partial charge is 0.288 e. The van der Waals surface area contributed by atoms with Crippen LogP contribution in [0.3, 0.4) is 0 Å². The lowest BCUT2D eigenvalue weighted by molar-refractivity contribution is 0.102. The van der Waals surface area contributed by atoms with Gasteiger partial charge in [0.05, 0.1) is 17.1 Å². The average Bonchev–Trinajstić information content (AvgIpc) is 2.80. The minimum Gasteiger partial charge on any atom is -0.288 e. The Labute approximate surface area is 119 Å². The Hall–Kier alpha value is -1.92. The van der Waals surface area contributed by atoms with Crippen molar-refractivity contribution in [3.63, 3.8) is 0 Å². The topological polar surface area (TPSA) is 72.7 Å². The average molecular weight is 298 g/mol. The second-order valence-corrected chi connectivity index (χ2v) is 4.38. The molecule has 1 heterocycles. The highest BCUT2D eigenvalue weighted by molar-refractivity contribution is 6.36. The van der Waals surface area contributed by atoms with E-state index in [0.717, 1.165) is 0 Å². The number of hydrogen-bond acceptors (Lipinski definition) is 4. The van der Waals surface area contributed by atoms with Crippen LogP contribution in [0.2, 0.25) is 10.0 Å². The van der Waals surface area contributed by atoms with Crippen molar-refractivity contribution in [1.29, 1.82) is 0 Å². The van der Waals surface area contributed by atoms with Gasteiger partial charge in [0.15, 0.2) is 0 Å². The SMILES string of the molecule is C=CCn1nnc(NC(=O)c2cc(Cl)ccc2Cl)n1. The van der Waals surface area contributed by atoms with Crippen LogP contribution in [0.1, 0.15) is 10.4 Å². The third-order valence-corrected chi connectivity index (χ3v) is 2.71. The van der Waals surface area contributed by atoms with Crippen LogP contribution in [0.5, 0.6) is 0 Å². The number of carbonyl (C=O) groups excluding carboxylic acids is 1. The highest BCUT2D eigenvalue weighted by Gasteiger charge is 2.13. The van der Waals surface area contributed by atoms with Crippen LogP contribution in [-0.2, 0) is 6.54 Å². The molecule has 2 aromatic rings. The van der Waals surface area contributed by atoms with Gasteiger partial charge < -0.3 is 0 Å². The molecule has 0 saturated heterocycles. The molecule has 1 N–H and O–H groups in total. The third-order valence-electron chi connectivity index (χ3n) is 2.14. The van der Waals surface area contributed by atoms with Gasteiger partial charge in [-0.2, -0.15) is 4.80 Å². The number of amides is 1. The van der Waals surface area contributed by atoms with Crippen molar-refractivity contribution in [3.8, 4) is 0 Å². The number of aromatic nitrogens is 4. The minimum absolute atomic E-state index is 0.0860. The fourth-order valence-electron chi connectivity index (χ4n) is 1.33. The van der Waals surface area contributed by atoms with E-state index in [2.05, 4.69) is 27.3 Å². The number of tetrazole rings is 1. The first-order valence-corrected chi connectivity index (χ1v) is 6.01. The van der Waals surface area contributed by atoms with Gasteiger partial charge >= 0.3 is 0 Å². The molecule has 0 fully saturated rings. The van der Waals surface area contributed by atoms with Gasteiger partial charge in [0.1, 0.15) is 0 Å². The minimum atomic E-state index is -0.453. The van der Waals surface area contributed by atoms with Crippen molar-refractivity contribution < 1.29 is 4.79 Å². The van der Waals surface area contributed by atoms with Gasteiger partial charge in [0.25, 0.3) is 11.9 Å². The number of anilines is 1. The molecule has 6 nitrogen and oxygen atoms in total. The standard InChI is InChI=1S/C11H9Cl2N5O/c1-2-5-18-16-11(15-17-18)14-10(19)8-6-7(12)3-4-9(8)13/h2-4,6H,1,5H2,(H,14,16,19). The van der Waals surface area contributed by atoms with Crippen LogP contribution in [0.15, 0.2) is 30.9 Å². The molecule has 1 amide bonds. The van der Waals surface area contributed by atoms with E-state index in [1.807, 2.05) is 0 Å². The first-order valence-electron chi connectivity index (χ1n) is 5.25. The van der Waals surface area contributed by atoms with Gasteiger partial charge in [-0.1, -0.05) is 34.4 Å². The van der Waals surface area contributed by atoms with Crippen molar-refractivity contribution in [3.05, 3.63) is 46.5 Å². The maximum absolute atomic E-state index is 12.0. The Kier molecular flexibility index (Phi) is 4.13. The van der Waals surface area contributed by atoms with E-state index in [9.17, 15) is 4.79 Å². The van der Waals surface area contributed by atoms with E-state index in [-0.39, 0.29) is 11.5 Å². The lowest BCUT2D eigenvalue weighted by Crippen LogP contribution is -2.14. The fraction of sp³-hybridized carbons (Fsp3) is 0.0909. The Morgan fingerprint density at radius 3 is 3.00 bits per heavy atom. The number of rotatable bonds is 4. The zero-order valence-electron chi connectivity index (χ0n) is 9.68. The Balaban J connectivity index is 2.15. The zero-order valence-corrected chi connectivity index (χ0v) is 11.2. The molecule has 0 unspecified atom stereocenters. The second-order valence-electron chi connectivity index (χ2n) is 3.53. The maximum Gasteiger partial charge on any atom is 0.270 e. The van der Waals surface area contributed by atoms with Crippen molar-refractivity contribution in [1.82, 2.24) is 20.2 Å². The van der Waals surface area contributed by atoms with Crippen molar-refractivity contribution in [2.45, 2.75) is 6.54 Å². The molecule has 0 saturated carbocycles. The van der Waals surface area contributed by atoms with Gasteiger partial charge in [0, 0.05) is 5.02 Å². The van der Waals surface area contributed by atoms with E-state index >= 15 is 0 Å². The van der Waals surface area contributed by atoms with Crippen LogP contribution >= 0.6 is 23.2 Å². The van der Waals surface area contributed by atoms with Gasteiger partial charge in [0.2, 0.25) is 0 Å². The number of nitrogens with one attached hydrogen (secondary N) is 1. The first-order chi connectivity index (χ1) is 9.10. The predicted octanol–water partition coefficient (Wildman–Crippen LogP) is 2.42. The predicted molar refractivity (Wildman–Crippen MR) is 72.4 cm³/mol. The smallest absolute Gasteiger partial charge is 0.270 e.